The summed E-state index contributed by atoms with van der Waals surface area (Å²) in [4.78, 5) is 0. The van der Waals surface area contributed by atoms with Crippen LogP contribution in [-0.4, -0.2) is 0 Å². The highest BCUT2D eigenvalue weighted by Crippen LogP contribution is 2.28. The molecule has 2 heteroatoms. The summed E-state index contributed by atoms with van der Waals surface area (Å²) in [5.41, 5.74) is 8.74. The number of aryl methyl sites for hydroxylation is 2. The van der Waals surface area contributed by atoms with Gasteiger partial charge in [-0.2, -0.15) is 0 Å². The Hall–Kier alpha value is -0.760. The molecule has 1 heterocycles. The molecule has 0 fully saturated rings. The zero-order chi connectivity index (χ0) is 12.8. The molecule has 98 valence electrons. The van der Waals surface area contributed by atoms with Crippen molar-refractivity contribution in [2.24, 2.45) is 5.73 Å². The first-order valence-corrected chi connectivity index (χ1v) is 6.90. The van der Waals surface area contributed by atoms with Crippen LogP contribution in [0.1, 0.15) is 74.1 Å². The molecule has 1 aromatic rings. The second-order valence-corrected chi connectivity index (χ2v) is 5.06. The smallest absolute Gasteiger partial charge is 0.106 e. The summed E-state index contributed by atoms with van der Waals surface area (Å²) in [5, 5.41) is 0. The summed E-state index contributed by atoms with van der Waals surface area (Å²) in [7, 11) is 0. The average Bonchev–Trinajstić information content (AvgIpc) is 2.53. The molecule has 0 amide bonds. The van der Waals surface area contributed by atoms with Crippen molar-refractivity contribution in [3.05, 3.63) is 22.6 Å². The molecular formula is C15H27NO. The lowest BCUT2D eigenvalue weighted by atomic mass is 9.97. The number of rotatable bonds is 7. The van der Waals surface area contributed by atoms with Crippen molar-refractivity contribution in [3.63, 3.8) is 0 Å². The Morgan fingerprint density at radius 2 is 1.65 bits per heavy atom. The molecule has 1 aromatic heterocycles. The van der Waals surface area contributed by atoms with E-state index in [1.807, 2.05) is 13.8 Å². The van der Waals surface area contributed by atoms with E-state index in [9.17, 15) is 0 Å². The predicted octanol–water partition coefficient (Wildman–Crippen LogP) is 4.57. The van der Waals surface area contributed by atoms with E-state index < -0.39 is 0 Å². The molecule has 0 bridgehead atoms. The van der Waals surface area contributed by atoms with E-state index in [0.717, 1.165) is 17.9 Å². The van der Waals surface area contributed by atoms with E-state index in [2.05, 4.69) is 13.8 Å². The average molecular weight is 237 g/mol. The van der Waals surface area contributed by atoms with Gasteiger partial charge in [-0.3, -0.25) is 0 Å². The Labute approximate surface area is 106 Å². The SMILES string of the molecule is CCCCCCCC(N)c1c(C)oc(C)c1C. The molecule has 0 aliphatic carbocycles. The van der Waals surface area contributed by atoms with Gasteiger partial charge in [-0.25, -0.2) is 0 Å². The summed E-state index contributed by atoms with van der Waals surface area (Å²) < 4.78 is 5.63. The van der Waals surface area contributed by atoms with Crippen LogP contribution in [0.2, 0.25) is 0 Å². The Bertz CT molecular complexity index is 341. The first kappa shape index (κ1) is 14.3. The van der Waals surface area contributed by atoms with Crippen LogP contribution in [0.3, 0.4) is 0 Å². The molecule has 0 aliphatic rings. The third kappa shape index (κ3) is 3.88. The number of hydrogen-bond donors (Lipinski definition) is 1. The first-order chi connectivity index (χ1) is 8.07. The number of furan rings is 1. The number of nitrogens with two attached hydrogens (primary N) is 1. The second kappa shape index (κ2) is 6.85. The molecule has 0 spiro atoms. The molecule has 0 saturated heterocycles. The molecule has 2 nitrogen and oxygen atoms in total. The highest BCUT2D eigenvalue weighted by molar-refractivity contribution is 5.33. The van der Waals surface area contributed by atoms with Crippen LogP contribution in [0.15, 0.2) is 4.42 Å². The highest BCUT2D eigenvalue weighted by Gasteiger charge is 2.17. The molecule has 0 saturated carbocycles. The van der Waals surface area contributed by atoms with Gasteiger partial charge in [0.25, 0.3) is 0 Å². The van der Waals surface area contributed by atoms with Gasteiger partial charge in [-0.05, 0) is 32.8 Å². The lowest BCUT2D eigenvalue weighted by molar-refractivity contribution is 0.490. The molecular weight excluding hydrogens is 210 g/mol. The molecule has 0 aromatic carbocycles. The molecule has 0 aliphatic heterocycles. The number of unbranched alkanes of at least 4 members (excludes halogenated alkanes) is 4. The molecule has 17 heavy (non-hydrogen) atoms. The zero-order valence-electron chi connectivity index (χ0n) is 11.8. The fourth-order valence-corrected chi connectivity index (χ4v) is 2.47. The third-order valence-corrected chi connectivity index (χ3v) is 3.61. The van der Waals surface area contributed by atoms with Crippen LogP contribution in [-0.2, 0) is 0 Å². The van der Waals surface area contributed by atoms with Crippen molar-refractivity contribution in [1.82, 2.24) is 0 Å². The van der Waals surface area contributed by atoms with Crippen molar-refractivity contribution >= 4 is 0 Å². The molecule has 0 radical (unpaired) electrons. The number of hydrogen-bond acceptors (Lipinski definition) is 2. The normalized spacial score (nSPS) is 13.0. The molecule has 2 N–H and O–H groups in total. The van der Waals surface area contributed by atoms with Crippen molar-refractivity contribution in [2.45, 2.75) is 72.3 Å². The van der Waals surface area contributed by atoms with E-state index in [-0.39, 0.29) is 6.04 Å². The summed E-state index contributed by atoms with van der Waals surface area (Å²) in [5.74, 6) is 2.01. The Morgan fingerprint density at radius 3 is 2.18 bits per heavy atom. The lowest BCUT2D eigenvalue weighted by Crippen LogP contribution is -2.11. The van der Waals surface area contributed by atoms with Crippen LogP contribution in [0, 0.1) is 20.8 Å². The molecule has 1 atom stereocenters. The maximum absolute atomic E-state index is 6.26. The monoisotopic (exact) mass is 237 g/mol. The van der Waals surface area contributed by atoms with Gasteiger partial charge in [-0.1, -0.05) is 39.0 Å². The predicted molar refractivity (Wildman–Crippen MR) is 73.2 cm³/mol. The van der Waals surface area contributed by atoms with Crippen molar-refractivity contribution in [1.29, 1.82) is 0 Å². The second-order valence-electron chi connectivity index (χ2n) is 5.06. The minimum atomic E-state index is 0.147. The first-order valence-electron chi connectivity index (χ1n) is 6.90. The summed E-state index contributed by atoms with van der Waals surface area (Å²) >= 11 is 0. The van der Waals surface area contributed by atoms with Gasteiger partial charge in [0.1, 0.15) is 11.5 Å². The van der Waals surface area contributed by atoms with Crippen molar-refractivity contribution < 1.29 is 4.42 Å². The Morgan fingerprint density at radius 1 is 1.00 bits per heavy atom. The van der Waals surface area contributed by atoms with Gasteiger partial charge in [0.15, 0.2) is 0 Å². The fourth-order valence-electron chi connectivity index (χ4n) is 2.47. The van der Waals surface area contributed by atoms with Crippen LogP contribution in [0.5, 0.6) is 0 Å². The zero-order valence-corrected chi connectivity index (χ0v) is 11.8. The maximum Gasteiger partial charge on any atom is 0.106 e. The van der Waals surface area contributed by atoms with Gasteiger partial charge < -0.3 is 10.2 Å². The summed E-state index contributed by atoms with van der Waals surface area (Å²) in [6.45, 7) is 8.39. The van der Waals surface area contributed by atoms with Gasteiger partial charge in [0, 0.05) is 11.6 Å². The van der Waals surface area contributed by atoms with Gasteiger partial charge in [0.05, 0.1) is 0 Å². The van der Waals surface area contributed by atoms with E-state index in [1.54, 1.807) is 0 Å². The minimum absolute atomic E-state index is 0.147. The van der Waals surface area contributed by atoms with Crippen molar-refractivity contribution in [3.8, 4) is 0 Å². The quantitative estimate of drug-likeness (QED) is 0.706. The van der Waals surface area contributed by atoms with Gasteiger partial charge >= 0.3 is 0 Å². The lowest BCUT2D eigenvalue weighted by Gasteiger charge is -2.12. The summed E-state index contributed by atoms with van der Waals surface area (Å²) in [6.07, 6.45) is 7.58. The van der Waals surface area contributed by atoms with Gasteiger partial charge in [0.2, 0.25) is 0 Å². The minimum Gasteiger partial charge on any atom is -0.466 e. The largest absolute Gasteiger partial charge is 0.466 e. The Balaban J connectivity index is 2.44. The highest BCUT2D eigenvalue weighted by atomic mass is 16.3. The van der Waals surface area contributed by atoms with Crippen LogP contribution >= 0.6 is 0 Å². The fraction of sp³-hybridized carbons (Fsp3) is 0.733. The van der Waals surface area contributed by atoms with E-state index in [1.165, 1.54) is 43.2 Å². The maximum atomic E-state index is 6.26. The molecule has 1 rings (SSSR count). The van der Waals surface area contributed by atoms with Crippen LogP contribution in [0.25, 0.3) is 0 Å². The van der Waals surface area contributed by atoms with E-state index >= 15 is 0 Å². The van der Waals surface area contributed by atoms with Gasteiger partial charge in [-0.15, -0.1) is 0 Å². The standard InChI is InChI=1S/C15H27NO/c1-5-6-7-8-9-10-14(16)15-11(2)12(3)17-13(15)4/h14H,5-10,16H2,1-4H3. The topological polar surface area (TPSA) is 39.2 Å². The van der Waals surface area contributed by atoms with E-state index in [0.29, 0.717) is 0 Å². The summed E-state index contributed by atoms with van der Waals surface area (Å²) in [6, 6.07) is 0.147. The van der Waals surface area contributed by atoms with E-state index in [4.69, 9.17) is 10.2 Å². The third-order valence-electron chi connectivity index (χ3n) is 3.61. The van der Waals surface area contributed by atoms with Crippen LogP contribution < -0.4 is 5.73 Å². The van der Waals surface area contributed by atoms with Crippen molar-refractivity contribution in [2.75, 3.05) is 0 Å². The molecule has 1 unspecified atom stereocenters. The Kier molecular flexibility index (Phi) is 5.76. The van der Waals surface area contributed by atoms with Crippen LogP contribution in [0.4, 0.5) is 0 Å².